The van der Waals surface area contributed by atoms with E-state index in [-0.39, 0.29) is 18.4 Å². The average Bonchev–Trinajstić information content (AvgIpc) is 2.56. The van der Waals surface area contributed by atoms with Crippen molar-refractivity contribution in [2.45, 2.75) is 13.8 Å². The average molecular weight is 452 g/mol. The second-order valence-corrected chi connectivity index (χ2v) is 6.85. The summed E-state index contributed by atoms with van der Waals surface area (Å²) >= 11 is 2.09. The van der Waals surface area contributed by atoms with Crippen molar-refractivity contribution in [3.63, 3.8) is 0 Å². The van der Waals surface area contributed by atoms with Crippen LogP contribution in [0.2, 0.25) is 0 Å². The first kappa shape index (κ1) is 19.2. The largest absolute Gasteiger partial charge is 0.492 e. The summed E-state index contributed by atoms with van der Waals surface area (Å²) in [6.45, 7) is 4.72. The molecule has 2 aromatic rings. The Bertz CT molecular complexity index is 742. The molecule has 0 atom stereocenters. The first-order chi connectivity index (χ1) is 12.0. The lowest BCUT2D eigenvalue weighted by atomic mass is 10.1. The SMILES string of the molecule is Cc1cc(C)cc(OCCNC(=O)CNC(=O)c2ccccc2I)c1. The maximum absolute atomic E-state index is 12.0. The molecule has 132 valence electrons. The Balaban J connectivity index is 1.69. The highest BCUT2D eigenvalue weighted by Crippen LogP contribution is 2.15. The molecule has 0 heterocycles. The Morgan fingerprint density at radius 2 is 1.72 bits per heavy atom. The highest BCUT2D eigenvalue weighted by Gasteiger charge is 2.10. The molecule has 0 unspecified atom stereocenters. The lowest BCUT2D eigenvalue weighted by Gasteiger charge is -2.10. The van der Waals surface area contributed by atoms with E-state index in [1.165, 1.54) is 0 Å². The van der Waals surface area contributed by atoms with Gasteiger partial charge in [0, 0.05) is 3.57 Å². The van der Waals surface area contributed by atoms with Crippen LogP contribution in [0.3, 0.4) is 0 Å². The van der Waals surface area contributed by atoms with Gasteiger partial charge in [-0.1, -0.05) is 18.2 Å². The predicted octanol–water partition coefficient (Wildman–Crippen LogP) is 2.83. The first-order valence-electron chi connectivity index (χ1n) is 7.96. The summed E-state index contributed by atoms with van der Waals surface area (Å²) in [6, 6.07) is 13.2. The molecule has 5 nitrogen and oxygen atoms in total. The van der Waals surface area contributed by atoms with Crippen molar-refractivity contribution in [3.05, 3.63) is 62.7 Å². The Kier molecular flexibility index (Phi) is 7.24. The molecule has 6 heteroatoms. The number of amides is 2. The summed E-state index contributed by atoms with van der Waals surface area (Å²) in [6.07, 6.45) is 0. The Labute approximate surface area is 161 Å². The molecule has 0 spiro atoms. The van der Waals surface area contributed by atoms with Gasteiger partial charge < -0.3 is 15.4 Å². The van der Waals surface area contributed by atoms with Gasteiger partial charge in [0.15, 0.2) is 0 Å². The normalized spacial score (nSPS) is 10.2. The minimum Gasteiger partial charge on any atom is -0.492 e. The zero-order valence-electron chi connectivity index (χ0n) is 14.3. The van der Waals surface area contributed by atoms with Crippen LogP contribution in [-0.4, -0.2) is 31.5 Å². The quantitative estimate of drug-likeness (QED) is 0.502. The van der Waals surface area contributed by atoms with Gasteiger partial charge in [-0.15, -0.1) is 0 Å². The van der Waals surface area contributed by atoms with Crippen molar-refractivity contribution in [1.29, 1.82) is 0 Å². The van der Waals surface area contributed by atoms with Gasteiger partial charge >= 0.3 is 0 Å². The number of halogens is 1. The summed E-state index contributed by atoms with van der Waals surface area (Å²) in [5, 5.41) is 5.34. The van der Waals surface area contributed by atoms with Gasteiger partial charge in [0.25, 0.3) is 5.91 Å². The smallest absolute Gasteiger partial charge is 0.252 e. The fraction of sp³-hybridized carbons (Fsp3) is 0.263. The predicted molar refractivity (Wildman–Crippen MR) is 106 cm³/mol. The number of rotatable bonds is 7. The number of carbonyl (C=O) groups excluding carboxylic acids is 2. The topological polar surface area (TPSA) is 67.4 Å². The van der Waals surface area contributed by atoms with Crippen molar-refractivity contribution in [3.8, 4) is 5.75 Å². The van der Waals surface area contributed by atoms with Crippen LogP contribution in [0.5, 0.6) is 5.75 Å². The highest BCUT2D eigenvalue weighted by atomic mass is 127. The number of carbonyl (C=O) groups is 2. The maximum atomic E-state index is 12.0. The van der Waals surface area contributed by atoms with Gasteiger partial charge in [0.1, 0.15) is 12.4 Å². The fourth-order valence-corrected chi connectivity index (χ4v) is 2.97. The lowest BCUT2D eigenvalue weighted by molar-refractivity contribution is -0.120. The third-order valence-electron chi connectivity index (χ3n) is 3.42. The van der Waals surface area contributed by atoms with E-state index in [1.54, 1.807) is 12.1 Å². The van der Waals surface area contributed by atoms with E-state index in [4.69, 9.17) is 4.74 Å². The summed E-state index contributed by atoms with van der Waals surface area (Å²) < 4.78 is 6.47. The molecule has 0 fully saturated rings. The van der Waals surface area contributed by atoms with E-state index in [9.17, 15) is 9.59 Å². The summed E-state index contributed by atoms with van der Waals surface area (Å²) in [5.41, 5.74) is 2.84. The van der Waals surface area contributed by atoms with Crippen LogP contribution in [0.25, 0.3) is 0 Å². The lowest BCUT2D eigenvalue weighted by Crippen LogP contribution is -2.38. The molecule has 0 aromatic heterocycles. The van der Waals surface area contributed by atoms with Gasteiger partial charge in [-0.05, 0) is 71.8 Å². The first-order valence-corrected chi connectivity index (χ1v) is 9.04. The molecule has 0 saturated heterocycles. The molecule has 2 amide bonds. The third kappa shape index (κ3) is 6.38. The van der Waals surface area contributed by atoms with Crippen molar-refractivity contribution < 1.29 is 14.3 Å². The summed E-state index contributed by atoms with van der Waals surface area (Å²) in [5.74, 6) is 0.286. The number of hydrogen-bond donors (Lipinski definition) is 2. The van der Waals surface area contributed by atoms with Crippen LogP contribution in [-0.2, 0) is 4.79 Å². The molecule has 0 radical (unpaired) electrons. The van der Waals surface area contributed by atoms with Crippen molar-refractivity contribution in [2.75, 3.05) is 19.7 Å². The van der Waals surface area contributed by atoms with Crippen molar-refractivity contribution >= 4 is 34.4 Å². The number of ether oxygens (including phenoxy) is 1. The molecular formula is C19H21IN2O3. The Hall–Kier alpha value is -2.09. The molecule has 2 rings (SSSR count). The molecule has 0 bridgehead atoms. The molecule has 0 saturated carbocycles. The van der Waals surface area contributed by atoms with Crippen LogP contribution >= 0.6 is 22.6 Å². The molecule has 0 aliphatic carbocycles. The number of benzene rings is 2. The van der Waals surface area contributed by atoms with E-state index < -0.39 is 0 Å². The van der Waals surface area contributed by atoms with E-state index in [0.29, 0.717) is 18.7 Å². The number of nitrogens with one attached hydrogen (secondary N) is 2. The van der Waals surface area contributed by atoms with Gasteiger partial charge in [-0.2, -0.15) is 0 Å². The monoisotopic (exact) mass is 452 g/mol. The van der Waals surface area contributed by atoms with Crippen LogP contribution in [0.1, 0.15) is 21.5 Å². The van der Waals surface area contributed by atoms with E-state index in [1.807, 2.05) is 38.1 Å². The minimum absolute atomic E-state index is 0.0621. The van der Waals surface area contributed by atoms with Crippen LogP contribution in [0.15, 0.2) is 42.5 Å². The number of hydrogen-bond acceptors (Lipinski definition) is 3. The second kappa shape index (κ2) is 9.41. The van der Waals surface area contributed by atoms with E-state index in [2.05, 4.69) is 39.3 Å². The minimum atomic E-state index is -0.258. The van der Waals surface area contributed by atoms with Gasteiger partial charge in [0.2, 0.25) is 5.91 Å². The number of aryl methyl sites for hydroxylation is 2. The molecular weight excluding hydrogens is 431 g/mol. The van der Waals surface area contributed by atoms with Gasteiger partial charge in [-0.25, -0.2) is 0 Å². The third-order valence-corrected chi connectivity index (χ3v) is 4.36. The summed E-state index contributed by atoms with van der Waals surface area (Å²) in [7, 11) is 0. The van der Waals surface area contributed by atoms with E-state index in [0.717, 1.165) is 20.4 Å². The highest BCUT2D eigenvalue weighted by molar-refractivity contribution is 14.1. The van der Waals surface area contributed by atoms with Crippen LogP contribution in [0, 0.1) is 17.4 Å². The van der Waals surface area contributed by atoms with Gasteiger partial charge in [-0.3, -0.25) is 9.59 Å². The summed E-state index contributed by atoms with van der Waals surface area (Å²) in [4.78, 5) is 23.8. The van der Waals surface area contributed by atoms with Crippen LogP contribution in [0.4, 0.5) is 0 Å². The molecule has 2 aromatic carbocycles. The van der Waals surface area contributed by atoms with Crippen molar-refractivity contribution in [2.24, 2.45) is 0 Å². The molecule has 2 N–H and O–H groups in total. The Morgan fingerprint density at radius 3 is 2.40 bits per heavy atom. The maximum Gasteiger partial charge on any atom is 0.252 e. The molecule has 0 aliphatic rings. The van der Waals surface area contributed by atoms with Crippen LogP contribution < -0.4 is 15.4 Å². The standard InChI is InChI=1S/C19H21IN2O3/c1-13-9-14(2)11-15(10-13)25-8-7-21-18(23)12-22-19(24)16-5-3-4-6-17(16)20/h3-6,9-11H,7-8,12H2,1-2H3,(H,21,23)(H,22,24). The molecule has 25 heavy (non-hydrogen) atoms. The zero-order chi connectivity index (χ0) is 18.2. The van der Waals surface area contributed by atoms with Crippen molar-refractivity contribution in [1.82, 2.24) is 10.6 Å². The fourth-order valence-electron chi connectivity index (χ4n) is 2.34. The molecule has 0 aliphatic heterocycles. The Morgan fingerprint density at radius 1 is 1.04 bits per heavy atom. The zero-order valence-corrected chi connectivity index (χ0v) is 16.4. The second-order valence-electron chi connectivity index (χ2n) is 5.68. The van der Waals surface area contributed by atoms with E-state index >= 15 is 0 Å². The van der Waals surface area contributed by atoms with Gasteiger partial charge in [0.05, 0.1) is 18.7 Å².